The lowest BCUT2D eigenvalue weighted by Gasteiger charge is -2.23. The molecular formula is C12H24N2O2. The highest BCUT2D eigenvalue weighted by molar-refractivity contribution is 5.81. The van der Waals surface area contributed by atoms with Crippen LogP contribution in [0.15, 0.2) is 0 Å². The summed E-state index contributed by atoms with van der Waals surface area (Å²) in [5, 5.41) is 2.87. The van der Waals surface area contributed by atoms with E-state index in [9.17, 15) is 4.79 Å². The van der Waals surface area contributed by atoms with Gasteiger partial charge in [0.2, 0.25) is 5.91 Å². The lowest BCUT2D eigenvalue weighted by molar-refractivity contribution is -0.123. The fourth-order valence-electron chi connectivity index (χ4n) is 1.81. The summed E-state index contributed by atoms with van der Waals surface area (Å²) < 4.78 is 5.59. The van der Waals surface area contributed by atoms with Crippen LogP contribution >= 0.6 is 0 Å². The number of rotatable bonds is 5. The molecule has 0 bridgehead atoms. The third-order valence-corrected chi connectivity index (χ3v) is 3.06. The number of amides is 1. The lowest BCUT2D eigenvalue weighted by Crippen LogP contribution is -2.44. The Morgan fingerprint density at radius 3 is 2.81 bits per heavy atom. The van der Waals surface area contributed by atoms with Crippen molar-refractivity contribution >= 4 is 5.91 Å². The summed E-state index contributed by atoms with van der Waals surface area (Å²) in [6, 6.07) is -0.396. The molecule has 4 heteroatoms. The average Bonchev–Trinajstić information content (AvgIpc) is 2.29. The smallest absolute Gasteiger partial charge is 0.237 e. The summed E-state index contributed by atoms with van der Waals surface area (Å²) in [6.45, 7) is 5.44. The van der Waals surface area contributed by atoms with Crippen LogP contribution in [-0.4, -0.2) is 31.2 Å². The number of nitrogens with two attached hydrogens (primary N) is 1. The molecule has 1 amide bonds. The largest absolute Gasteiger partial charge is 0.378 e. The van der Waals surface area contributed by atoms with E-state index < -0.39 is 6.04 Å². The van der Waals surface area contributed by atoms with Gasteiger partial charge in [0.15, 0.2) is 0 Å². The van der Waals surface area contributed by atoms with E-state index in [4.69, 9.17) is 10.5 Å². The molecule has 1 aliphatic rings. The predicted molar refractivity (Wildman–Crippen MR) is 64.0 cm³/mol. The van der Waals surface area contributed by atoms with Gasteiger partial charge in [-0.2, -0.15) is 0 Å². The van der Waals surface area contributed by atoms with E-state index in [0.29, 0.717) is 12.6 Å². The van der Waals surface area contributed by atoms with Crippen molar-refractivity contribution in [3.05, 3.63) is 0 Å². The first-order chi connectivity index (χ1) is 7.61. The number of ether oxygens (including phenoxy) is 1. The number of carbonyl (C=O) groups excluding carboxylic acids is 1. The zero-order chi connectivity index (χ0) is 12.0. The standard InChI is InChI=1S/C12H24N2O2/c1-9(2)11(13)12(15)14-7-6-10-5-3-4-8-16-10/h9-11H,3-8,13H2,1-2H3,(H,14,15)/t10?,11-/m0/s1. The van der Waals surface area contributed by atoms with E-state index in [1.165, 1.54) is 12.8 Å². The fraction of sp³-hybridized carbons (Fsp3) is 0.917. The SMILES string of the molecule is CC(C)[C@H](N)C(=O)NCCC1CCCCO1. The molecule has 1 rings (SSSR count). The van der Waals surface area contributed by atoms with Crippen molar-refractivity contribution in [1.29, 1.82) is 0 Å². The van der Waals surface area contributed by atoms with Crippen molar-refractivity contribution in [3.8, 4) is 0 Å². The lowest BCUT2D eigenvalue weighted by atomic mass is 10.0. The molecule has 1 aliphatic heterocycles. The fourth-order valence-corrected chi connectivity index (χ4v) is 1.81. The molecule has 2 atom stereocenters. The van der Waals surface area contributed by atoms with Gasteiger partial charge in [-0.25, -0.2) is 0 Å². The monoisotopic (exact) mass is 228 g/mol. The van der Waals surface area contributed by atoms with Gasteiger partial charge in [-0.3, -0.25) is 4.79 Å². The highest BCUT2D eigenvalue weighted by Crippen LogP contribution is 2.14. The Bertz CT molecular complexity index is 213. The zero-order valence-corrected chi connectivity index (χ0v) is 10.4. The van der Waals surface area contributed by atoms with E-state index in [0.717, 1.165) is 19.4 Å². The summed E-state index contributed by atoms with van der Waals surface area (Å²) in [4.78, 5) is 11.5. The molecule has 1 fully saturated rings. The van der Waals surface area contributed by atoms with Crippen LogP contribution in [0.5, 0.6) is 0 Å². The van der Waals surface area contributed by atoms with Crippen molar-refractivity contribution < 1.29 is 9.53 Å². The highest BCUT2D eigenvalue weighted by Gasteiger charge is 2.18. The van der Waals surface area contributed by atoms with Crippen molar-refractivity contribution in [2.75, 3.05) is 13.2 Å². The van der Waals surface area contributed by atoms with Gasteiger partial charge in [0.1, 0.15) is 0 Å². The summed E-state index contributed by atoms with van der Waals surface area (Å²) in [6.07, 6.45) is 4.75. The second-order valence-electron chi connectivity index (χ2n) is 4.84. The van der Waals surface area contributed by atoms with Crippen LogP contribution in [0.25, 0.3) is 0 Å². The first kappa shape index (κ1) is 13.5. The van der Waals surface area contributed by atoms with E-state index in [1.54, 1.807) is 0 Å². The van der Waals surface area contributed by atoms with Gasteiger partial charge in [-0.1, -0.05) is 13.8 Å². The van der Waals surface area contributed by atoms with Gasteiger partial charge in [0.25, 0.3) is 0 Å². The summed E-state index contributed by atoms with van der Waals surface area (Å²) in [7, 11) is 0. The van der Waals surface area contributed by atoms with Crippen molar-refractivity contribution in [1.82, 2.24) is 5.32 Å². The molecule has 0 spiro atoms. The van der Waals surface area contributed by atoms with E-state index >= 15 is 0 Å². The third kappa shape index (κ3) is 4.49. The van der Waals surface area contributed by atoms with Crippen molar-refractivity contribution in [2.24, 2.45) is 11.7 Å². The van der Waals surface area contributed by atoms with Crippen LogP contribution in [0.2, 0.25) is 0 Å². The Morgan fingerprint density at radius 1 is 1.50 bits per heavy atom. The Labute approximate surface area is 97.9 Å². The van der Waals surface area contributed by atoms with Crippen LogP contribution in [0, 0.1) is 5.92 Å². The van der Waals surface area contributed by atoms with Crippen LogP contribution in [0.1, 0.15) is 39.5 Å². The molecule has 1 unspecified atom stereocenters. The molecule has 0 radical (unpaired) electrons. The molecule has 0 aromatic heterocycles. The maximum Gasteiger partial charge on any atom is 0.237 e. The van der Waals surface area contributed by atoms with Gasteiger partial charge in [0, 0.05) is 13.2 Å². The minimum absolute atomic E-state index is 0.0502. The quantitative estimate of drug-likeness (QED) is 0.739. The molecule has 1 saturated heterocycles. The van der Waals surface area contributed by atoms with Crippen molar-refractivity contribution in [2.45, 2.75) is 51.7 Å². The van der Waals surface area contributed by atoms with Crippen LogP contribution in [-0.2, 0) is 9.53 Å². The van der Waals surface area contributed by atoms with Crippen LogP contribution in [0.3, 0.4) is 0 Å². The zero-order valence-electron chi connectivity index (χ0n) is 10.4. The van der Waals surface area contributed by atoms with Crippen molar-refractivity contribution in [3.63, 3.8) is 0 Å². The van der Waals surface area contributed by atoms with Gasteiger partial charge in [0.05, 0.1) is 12.1 Å². The maximum atomic E-state index is 11.5. The van der Waals surface area contributed by atoms with Crippen LogP contribution < -0.4 is 11.1 Å². The minimum Gasteiger partial charge on any atom is -0.378 e. The number of hydrogen-bond donors (Lipinski definition) is 2. The molecular weight excluding hydrogens is 204 g/mol. The molecule has 4 nitrogen and oxygen atoms in total. The van der Waals surface area contributed by atoms with Gasteiger partial charge >= 0.3 is 0 Å². The molecule has 3 N–H and O–H groups in total. The van der Waals surface area contributed by atoms with Gasteiger partial charge in [-0.05, 0) is 31.6 Å². The number of carbonyl (C=O) groups is 1. The topological polar surface area (TPSA) is 64.4 Å². The van der Waals surface area contributed by atoms with E-state index in [2.05, 4.69) is 5.32 Å². The second kappa shape index (κ2) is 6.86. The Morgan fingerprint density at radius 2 is 2.25 bits per heavy atom. The minimum atomic E-state index is -0.396. The average molecular weight is 228 g/mol. The van der Waals surface area contributed by atoms with Gasteiger partial charge < -0.3 is 15.8 Å². The predicted octanol–water partition coefficient (Wildman–Crippen LogP) is 1.05. The molecule has 0 aliphatic carbocycles. The molecule has 0 aromatic carbocycles. The number of nitrogens with one attached hydrogen (secondary N) is 1. The Balaban J connectivity index is 2.12. The van der Waals surface area contributed by atoms with Crippen LogP contribution in [0.4, 0.5) is 0 Å². The molecule has 1 heterocycles. The first-order valence-electron chi connectivity index (χ1n) is 6.26. The molecule has 0 saturated carbocycles. The summed E-state index contributed by atoms with van der Waals surface area (Å²) in [5.74, 6) is 0.136. The summed E-state index contributed by atoms with van der Waals surface area (Å²) in [5.41, 5.74) is 5.74. The Hall–Kier alpha value is -0.610. The molecule has 16 heavy (non-hydrogen) atoms. The summed E-state index contributed by atoms with van der Waals surface area (Å²) >= 11 is 0. The Kier molecular flexibility index (Phi) is 5.77. The van der Waals surface area contributed by atoms with E-state index in [-0.39, 0.29) is 11.8 Å². The molecule has 0 aromatic rings. The number of hydrogen-bond acceptors (Lipinski definition) is 3. The van der Waals surface area contributed by atoms with E-state index in [1.807, 2.05) is 13.8 Å². The third-order valence-electron chi connectivity index (χ3n) is 3.06. The second-order valence-corrected chi connectivity index (χ2v) is 4.84. The first-order valence-corrected chi connectivity index (χ1v) is 6.26. The van der Waals surface area contributed by atoms with Gasteiger partial charge in [-0.15, -0.1) is 0 Å². The highest BCUT2D eigenvalue weighted by atomic mass is 16.5. The maximum absolute atomic E-state index is 11.5. The molecule has 94 valence electrons. The normalized spacial score (nSPS) is 23.1.